The highest BCUT2D eigenvalue weighted by Crippen LogP contribution is 2.29. The third-order valence-electron chi connectivity index (χ3n) is 3.23. The van der Waals surface area contributed by atoms with Crippen molar-refractivity contribution >= 4 is 0 Å². The lowest BCUT2D eigenvalue weighted by molar-refractivity contribution is 0.186. The molecule has 0 saturated heterocycles. The lowest BCUT2D eigenvalue weighted by Gasteiger charge is -2.19. The van der Waals surface area contributed by atoms with E-state index in [2.05, 4.69) is 5.43 Å². The van der Waals surface area contributed by atoms with Gasteiger partial charge in [-0.25, -0.2) is 0 Å². The number of hydrogen-bond donors (Lipinski definition) is 2. The highest BCUT2D eigenvalue weighted by atomic mass is 16.5. The average molecular weight is 200 g/mol. The first-order valence-corrected chi connectivity index (χ1v) is 5.82. The van der Waals surface area contributed by atoms with Crippen LogP contribution in [0.15, 0.2) is 0 Å². The molecule has 1 atom stereocenters. The smallest absolute Gasteiger partial charge is 0.0462 e. The van der Waals surface area contributed by atoms with Gasteiger partial charge < -0.3 is 4.74 Å². The van der Waals surface area contributed by atoms with Gasteiger partial charge in [-0.1, -0.05) is 25.7 Å². The van der Waals surface area contributed by atoms with E-state index in [0.29, 0.717) is 6.04 Å². The molecule has 14 heavy (non-hydrogen) atoms. The number of ether oxygens (including phenoxy) is 1. The molecule has 0 spiro atoms. The molecule has 3 heteroatoms. The van der Waals surface area contributed by atoms with Gasteiger partial charge in [0.25, 0.3) is 0 Å². The molecule has 0 heterocycles. The zero-order chi connectivity index (χ0) is 10.2. The average Bonchev–Trinajstić information content (AvgIpc) is 2.69. The minimum atomic E-state index is 0.494. The topological polar surface area (TPSA) is 47.3 Å². The summed E-state index contributed by atoms with van der Waals surface area (Å²) in [6, 6.07) is 0.494. The van der Waals surface area contributed by atoms with Crippen molar-refractivity contribution in [3.05, 3.63) is 0 Å². The van der Waals surface area contributed by atoms with Gasteiger partial charge in [0, 0.05) is 19.8 Å². The van der Waals surface area contributed by atoms with E-state index in [1.807, 2.05) is 0 Å². The Balaban J connectivity index is 2.10. The number of hydrogen-bond acceptors (Lipinski definition) is 3. The summed E-state index contributed by atoms with van der Waals surface area (Å²) in [5.74, 6) is 6.46. The van der Waals surface area contributed by atoms with Gasteiger partial charge in [-0.2, -0.15) is 0 Å². The van der Waals surface area contributed by atoms with Crippen LogP contribution in [0.4, 0.5) is 0 Å². The van der Waals surface area contributed by atoms with Gasteiger partial charge in [-0.05, 0) is 25.2 Å². The quantitative estimate of drug-likeness (QED) is 0.374. The largest absolute Gasteiger partial charge is 0.385 e. The van der Waals surface area contributed by atoms with Crippen molar-refractivity contribution in [3.63, 3.8) is 0 Å². The summed E-state index contributed by atoms with van der Waals surface area (Å²) in [5.41, 5.74) is 2.93. The van der Waals surface area contributed by atoms with Crippen molar-refractivity contribution in [1.82, 2.24) is 5.43 Å². The monoisotopic (exact) mass is 200 g/mol. The summed E-state index contributed by atoms with van der Waals surface area (Å²) < 4.78 is 5.04. The molecule has 1 unspecified atom stereocenters. The maximum absolute atomic E-state index is 5.54. The third kappa shape index (κ3) is 4.40. The van der Waals surface area contributed by atoms with E-state index in [1.165, 1.54) is 32.1 Å². The molecule has 1 fully saturated rings. The Morgan fingerprint density at radius 1 is 1.43 bits per heavy atom. The highest BCUT2D eigenvalue weighted by Gasteiger charge is 2.18. The van der Waals surface area contributed by atoms with Crippen LogP contribution in [-0.2, 0) is 4.74 Å². The zero-order valence-electron chi connectivity index (χ0n) is 9.30. The van der Waals surface area contributed by atoms with E-state index >= 15 is 0 Å². The first-order valence-electron chi connectivity index (χ1n) is 5.82. The predicted molar refractivity (Wildman–Crippen MR) is 58.8 cm³/mol. The fourth-order valence-electron chi connectivity index (χ4n) is 2.39. The molecule has 1 saturated carbocycles. The molecule has 0 aromatic rings. The van der Waals surface area contributed by atoms with E-state index in [-0.39, 0.29) is 0 Å². The fraction of sp³-hybridized carbons (Fsp3) is 1.00. The van der Waals surface area contributed by atoms with Crippen molar-refractivity contribution in [2.24, 2.45) is 11.8 Å². The van der Waals surface area contributed by atoms with Gasteiger partial charge in [0.2, 0.25) is 0 Å². The Bertz CT molecular complexity index is 135. The third-order valence-corrected chi connectivity index (χ3v) is 3.23. The minimum Gasteiger partial charge on any atom is -0.385 e. The van der Waals surface area contributed by atoms with E-state index < -0.39 is 0 Å². The van der Waals surface area contributed by atoms with Crippen LogP contribution in [0, 0.1) is 5.92 Å². The Morgan fingerprint density at radius 3 is 2.71 bits per heavy atom. The molecule has 84 valence electrons. The first-order chi connectivity index (χ1) is 6.86. The van der Waals surface area contributed by atoms with Crippen LogP contribution in [0.2, 0.25) is 0 Å². The molecule has 1 aliphatic rings. The molecule has 0 aliphatic heterocycles. The molecule has 0 aromatic heterocycles. The number of nitrogens with one attached hydrogen (secondary N) is 1. The van der Waals surface area contributed by atoms with E-state index in [9.17, 15) is 0 Å². The SMILES string of the molecule is COCCCC(CC1CCCC1)NN. The fourth-order valence-corrected chi connectivity index (χ4v) is 2.39. The van der Waals surface area contributed by atoms with Crippen molar-refractivity contribution < 1.29 is 4.74 Å². The van der Waals surface area contributed by atoms with Crippen LogP contribution in [0.1, 0.15) is 44.9 Å². The Kier molecular flexibility index (Phi) is 6.15. The van der Waals surface area contributed by atoms with Gasteiger partial charge >= 0.3 is 0 Å². The number of hydrazine groups is 1. The van der Waals surface area contributed by atoms with Crippen LogP contribution in [-0.4, -0.2) is 19.8 Å². The zero-order valence-corrected chi connectivity index (χ0v) is 9.30. The van der Waals surface area contributed by atoms with E-state index in [4.69, 9.17) is 10.6 Å². The molecule has 0 bridgehead atoms. The molecular formula is C11H24N2O. The standard InChI is InChI=1S/C11H24N2O/c1-14-8-4-7-11(13-12)9-10-5-2-3-6-10/h10-11,13H,2-9,12H2,1H3. The Hall–Kier alpha value is -0.120. The molecule has 0 radical (unpaired) electrons. The summed E-state index contributed by atoms with van der Waals surface area (Å²) in [7, 11) is 1.75. The van der Waals surface area contributed by atoms with E-state index in [1.54, 1.807) is 7.11 Å². The Labute approximate surface area is 87.4 Å². The lowest BCUT2D eigenvalue weighted by Crippen LogP contribution is -2.36. The van der Waals surface area contributed by atoms with Gasteiger partial charge in [0.1, 0.15) is 0 Å². The molecule has 1 aliphatic carbocycles. The van der Waals surface area contributed by atoms with Gasteiger partial charge in [0.15, 0.2) is 0 Å². The summed E-state index contributed by atoms with van der Waals surface area (Å²) in [4.78, 5) is 0. The summed E-state index contributed by atoms with van der Waals surface area (Å²) in [6.07, 6.45) is 9.14. The van der Waals surface area contributed by atoms with Gasteiger partial charge in [-0.15, -0.1) is 0 Å². The second-order valence-electron chi connectivity index (χ2n) is 4.38. The number of rotatable bonds is 7. The van der Waals surface area contributed by atoms with Crippen molar-refractivity contribution in [1.29, 1.82) is 0 Å². The summed E-state index contributed by atoms with van der Waals surface area (Å²) >= 11 is 0. The van der Waals surface area contributed by atoms with Crippen LogP contribution in [0.5, 0.6) is 0 Å². The highest BCUT2D eigenvalue weighted by molar-refractivity contribution is 4.74. The molecule has 1 rings (SSSR count). The number of nitrogens with two attached hydrogens (primary N) is 1. The molecule has 0 aromatic carbocycles. The van der Waals surface area contributed by atoms with Gasteiger partial charge in [-0.3, -0.25) is 11.3 Å². The second kappa shape index (κ2) is 7.21. The molecular weight excluding hydrogens is 176 g/mol. The van der Waals surface area contributed by atoms with Crippen LogP contribution in [0.3, 0.4) is 0 Å². The summed E-state index contributed by atoms with van der Waals surface area (Å²) in [6.45, 7) is 0.850. The summed E-state index contributed by atoms with van der Waals surface area (Å²) in [5, 5.41) is 0. The van der Waals surface area contributed by atoms with Crippen LogP contribution in [0.25, 0.3) is 0 Å². The van der Waals surface area contributed by atoms with Crippen molar-refractivity contribution in [2.45, 2.75) is 51.0 Å². The lowest BCUT2D eigenvalue weighted by atomic mass is 9.96. The van der Waals surface area contributed by atoms with Crippen molar-refractivity contribution in [2.75, 3.05) is 13.7 Å². The maximum Gasteiger partial charge on any atom is 0.0462 e. The normalized spacial score (nSPS) is 20.1. The Morgan fingerprint density at radius 2 is 2.14 bits per heavy atom. The van der Waals surface area contributed by atoms with Crippen LogP contribution >= 0.6 is 0 Å². The second-order valence-corrected chi connectivity index (χ2v) is 4.38. The number of methoxy groups -OCH3 is 1. The molecule has 3 nitrogen and oxygen atoms in total. The van der Waals surface area contributed by atoms with Crippen LogP contribution < -0.4 is 11.3 Å². The molecule has 3 N–H and O–H groups in total. The van der Waals surface area contributed by atoms with Gasteiger partial charge in [0.05, 0.1) is 0 Å². The first kappa shape index (κ1) is 12.0. The predicted octanol–water partition coefficient (Wildman–Crippen LogP) is 1.83. The minimum absolute atomic E-state index is 0.494. The molecule has 0 amide bonds. The van der Waals surface area contributed by atoms with E-state index in [0.717, 1.165) is 25.4 Å². The maximum atomic E-state index is 5.54. The van der Waals surface area contributed by atoms with Crippen molar-refractivity contribution in [3.8, 4) is 0 Å².